The van der Waals surface area contributed by atoms with Gasteiger partial charge in [-0.2, -0.15) is 0 Å². The van der Waals surface area contributed by atoms with Crippen molar-refractivity contribution in [3.8, 4) is 0 Å². The molecule has 2 aliphatic heterocycles. The summed E-state index contributed by atoms with van der Waals surface area (Å²) in [6.07, 6.45) is 1.37. The summed E-state index contributed by atoms with van der Waals surface area (Å²) in [5.74, 6) is 0.194. The van der Waals surface area contributed by atoms with E-state index in [9.17, 15) is 9.59 Å². The molecule has 4 atom stereocenters. The molecule has 7 heteroatoms. The molecule has 0 aromatic carbocycles. The molecule has 0 saturated carbocycles. The van der Waals surface area contributed by atoms with Crippen LogP contribution >= 0.6 is 0 Å². The largest absolute Gasteiger partial charge is 0.378 e. The molecule has 132 valence electrons. The average Bonchev–Trinajstić information content (AvgIpc) is 3.17. The van der Waals surface area contributed by atoms with Crippen molar-refractivity contribution in [1.82, 2.24) is 15.1 Å². The summed E-state index contributed by atoms with van der Waals surface area (Å²) < 4.78 is 5.49. The van der Waals surface area contributed by atoms with Crippen LogP contribution in [0.15, 0.2) is 0 Å². The Balaban J connectivity index is 1.82. The van der Waals surface area contributed by atoms with Gasteiger partial charge in [0, 0.05) is 58.2 Å². The van der Waals surface area contributed by atoms with E-state index < -0.39 is 0 Å². The number of nitrogens with one attached hydrogen (secondary N) is 1. The second-order valence-corrected chi connectivity index (χ2v) is 6.68. The minimum absolute atomic E-state index is 0.0204. The third-order valence-corrected chi connectivity index (χ3v) is 4.87. The maximum absolute atomic E-state index is 12.4. The van der Waals surface area contributed by atoms with Gasteiger partial charge in [0.25, 0.3) is 0 Å². The normalized spacial score (nSPS) is 29.1. The molecule has 0 radical (unpaired) electrons. The van der Waals surface area contributed by atoms with Crippen molar-refractivity contribution in [2.45, 2.75) is 44.9 Å². The summed E-state index contributed by atoms with van der Waals surface area (Å²) in [6, 6.07) is 0.187. The van der Waals surface area contributed by atoms with Gasteiger partial charge < -0.3 is 25.6 Å². The van der Waals surface area contributed by atoms with Gasteiger partial charge >= 0.3 is 0 Å². The van der Waals surface area contributed by atoms with Crippen molar-refractivity contribution in [1.29, 1.82) is 0 Å². The Labute approximate surface area is 138 Å². The molecule has 7 nitrogen and oxygen atoms in total. The molecule has 2 rings (SSSR count). The maximum atomic E-state index is 12.4. The van der Waals surface area contributed by atoms with E-state index in [0.717, 1.165) is 13.0 Å². The van der Waals surface area contributed by atoms with Gasteiger partial charge in [-0.1, -0.05) is 13.8 Å². The van der Waals surface area contributed by atoms with E-state index in [2.05, 4.69) is 5.32 Å². The molecule has 2 heterocycles. The second-order valence-electron chi connectivity index (χ2n) is 6.68. The second kappa shape index (κ2) is 8.08. The highest BCUT2D eigenvalue weighted by atomic mass is 16.5. The molecule has 23 heavy (non-hydrogen) atoms. The molecule has 2 fully saturated rings. The lowest BCUT2D eigenvalue weighted by Crippen LogP contribution is -2.45. The number of ether oxygens (including phenoxy) is 1. The Bertz CT molecular complexity index is 432. The van der Waals surface area contributed by atoms with Crippen molar-refractivity contribution in [3.05, 3.63) is 0 Å². The fraction of sp³-hybridized carbons (Fsp3) is 0.875. The smallest absolute Gasteiger partial charge is 0.226 e. The summed E-state index contributed by atoms with van der Waals surface area (Å²) in [7, 11) is 1.67. The molecule has 0 aromatic rings. The number of likely N-dealkylation sites (tertiary alicyclic amines) is 2. The highest BCUT2D eigenvalue weighted by Gasteiger charge is 2.35. The van der Waals surface area contributed by atoms with Gasteiger partial charge in [-0.25, -0.2) is 0 Å². The molecule has 0 bridgehead atoms. The van der Waals surface area contributed by atoms with Crippen molar-refractivity contribution < 1.29 is 14.3 Å². The van der Waals surface area contributed by atoms with E-state index in [1.807, 2.05) is 23.6 Å². The van der Waals surface area contributed by atoms with E-state index in [-0.39, 0.29) is 35.9 Å². The van der Waals surface area contributed by atoms with E-state index in [4.69, 9.17) is 10.5 Å². The van der Waals surface area contributed by atoms with Crippen LogP contribution in [0.2, 0.25) is 0 Å². The number of nitrogens with two attached hydrogens (primary N) is 1. The molecule has 2 saturated heterocycles. The van der Waals surface area contributed by atoms with Crippen molar-refractivity contribution >= 4 is 11.8 Å². The zero-order valence-corrected chi connectivity index (χ0v) is 14.5. The molecule has 0 spiro atoms. The molecule has 0 aromatic heterocycles. The Morgan fingerprint density at radius 1 is 1.30 bits per heavy atom. The molecule has 3 N–H and O–H groups in total. The van der Waals surface area contributed by atoms with Crippen LogP contribution in [0.1, 0.15) is 26.7 Å². The lowest BCUT2D eigenvalue weighted by molar-refractivity contribution is -0.134. The first-order valence-electron chi connectivity index (χ1n) is 8.54. The van der Waals surface area contributed by atoms with Crippen molar-refractivity contribution in [3.63, 3.8) is 0 Å². The van der Waals surface area contributed by atoms with Crippen LogP contribution in [0.25, 0.3) is 0 Å². The molecular formula is C16H30N4O3. The van der Waals surface area contributed by atoms with Crippen molar-refractivity contribution in [2.75, 3.05) is 39.8 Å². The quantitative estimate of drug-likeness (QED) is 0.681. The first-order valence-corrected chi connectivity index (χ1v) is 8.54. The fourth-order valence-corrected chi connectivity index (χ4v) is 3.35. The highest BCUT2D eigenvalue weighted by Crippen LogP contribution is 2.16. The summed E-state index contributed by atoms with van der Waals surface area (Å²) in [4.78, 5) is 27.9. The highest BCUT2D eigenvalue weighted by molar-refractivity contribution is 5.79. The number of hydrogen-bond acceptors (Lipinski definition) is 5. The number of nitrogens with zero attached hydrogens (tertiary/aromatic N) is 2. The first kappa shape index (κ1) is 18.2. The minimum atomic E-state index is -0.103. The lowest BCUT2D eigenvalue weighted by Gasteiger charge is -2.24. The Morgan fingerprint density at radius 3 is 2.61 bits per heavy atom. The molecular weight excluding hydrogens is 296 g/mol. The van der Waals surface area contributed by atoms with E-state index in [1.54, 1.807) is 7.11 Å². The lowest BCUT2D eigenvalue weighted by atomic mass is 10.1. The van der Waals surface area contributed by atoms with E-state index in [1.165, 1.54) is 0 Å². The Morgan fingerprint density at radius 2 is 2.04 bits per heavy atom. The number of rotatable bonds is 6. The van der Waals surface area contributed by atoms with Gasteiger partial charge in [-0.3, -0.25) is 9.59 Å². The monoisotopic (exact) mass is 326 g/mol. The third kappa shape index (κ3) is 4.43. The summed E-state index contributed by atoms with van der Waals surface area (Å²) in [6.45, 7) is 7.06. The van der Waals surface area contributed by atoms with Crippen LogP contribution in [0.5, 0.6) is 0 Å². The van der Waals surface area contributed by atoms with Crippen LogP contribution in [0.3, 0.4) is 0 Å². The van der Waals surface area contributed by atoms with Crippen LogP contribution in [-0.4, -0.2) is 79.6 Å². The van der Waals surface area contributed by atoms with E-state index in [0.29, 0.717) is 32.6 Å². The summed E-state index contributed by atoms with van der Waals surface area (Å²) in [5.41, 5.74) is 5.87. The number of methoxy groups -OCH3 is 1. The third-order valence-electron chi connectivity index (χ3n) is 4.87. The van der Waals surface area contributed by atoms with Crippen LogP contribution in [-0.2, 0) is 14.3 Å². The fourth-order valence-electron chi connectivity index (χ4n) is 3.35. The van der Waals surface area contributed by atoms with Crippen LogP contribution < -0.4 is 11.1 Å². The van der Waals surface area contributed by atoms with Crippen LogP contribution in [0.4, 0.5) is 0 Å². The number of carbonyl (C=O) groups is 2. The van der Waals surface area contributed by atoms with Gasteiger partial charge in [0.15, 0.2) is 0 Å². The van der Waals surface area contributed by atoms with Gasteiger partial charge in [-0.05, 0) is 6.42 Å². The average molecular weight is 326 g/mol. The summed E-state index contributed by atoms with van der Waals surface area (Å²) in [5, 5.41) is 3.41. The standard InChI is InChI=1S/C16H30N4O3/c1-4-15(21)20-9-13(14(10-20)23-3)18-7-11(2)16(22)19-6-5-12(17)8-19/h11-14,18H,4-10,17H2,1-3H3. The van der Waals surface area contributed by atoms with Gasteiger partial charge in [0.1, 0.15) is 0 Å². The summed E-state index contributed by atoms with van der Waals surface area (Å²) >= 11 is 0. The molecule has 0 aliphatic carbocycles. The SMILES string of the molecule is CCC(=O)N1CC(NCC(C)C(=O)N2CCC(N)C2)C(OC)C1. The van der Waals surface area contributed by atoms with Gasteiger partial charge in [-0.15, -0.1) is 0 Å². The van der Waals surface area contributed by atoms with Crippen molar-refractivity contribution in [2.24, 2.45) is 11.7 Å². The number of hydrogen-bond donors (Lipinski definition) is 2. The number of amides is 2. The van der Waals surface area contributed by atoms with E-state index >= 15 is 0 Å². The van der Waals surface area contributed by atoms with Gasteiger partial charge in [0.05, 0.1) is 12.1 Å². The molecule has 2 amide bonds. The maximum Gasteiger partial charge on any atom is 0.226 e. The zero-order valence-electron chi connectivity index (χ0n) is 14.5. The predicted molar refractivity (Wildman–Crippen MR) is 87.8 cm³/mol. The van der Waals surface area contributed by atoms with Crippen LogP contribution in [0, 0.1) is 5.92 Å². The Hall–Kier alpha value is -1.18. The number of carbonyl (C=O) groups excluding carboxylic acids is 2. The molecule has 4 unspecified atom stereocenters. The zero-order chi connectivity index (χ0) is 17.0. The predicted octanol–water partition coefficient (Wildman–Crippen LogP) is -0.592. The minimum Gasteiger partial charge on any atom is -0.378 e. The molecule has 2 aliphatic rings. The van der Waals surface area contributed by atoms with Gasteiger partial charge in [0.2, 0.25) is 11.8 Å². The topological polar surface area (TPSA) is 87.9 Å². The first-order chi connectivity index (χ1) is 11.0. The Kier molecular flexibility index (Phi) is 6.38.